The van der Waals surface area contributed by atoms with Gasteiger partial charge in [-0.2, -0.15) is 0 Å². The summed E-state index contributed by atoms with van der Waals surface area (Å²) in [5, 5.41) is 0. The summed E-state index contributed by atoms with van der Waals surface area (Å²) in [6.07, 6.45) is 10.9. The quantitative estimate of drug-likeness (QED) is 0.379. The fraction of sp³-hybridized carbons (Fsp3) is 0.579. The monoisotopic (exact) mass is 508 g/mol. The van der Waals surface area contributed by atoms with Crippen LogP contribution < -0.4 is 0 Å². The van der Waals surface area contributed by atoms with Gasteiger partial charge in [0, 0.05) is 10.8 Å². The Morgan fingerprint density at radius 3 is 2.26 bits per heavy atom. The lowest BCUT2D eigenvalue weighted by Gasteiger charge is -2.67. The minimum atomic E-state index is -0.119. The molecule has 0 aliphatic heterocycles. The molecule has 5 atom stereocenters. The van der Waals surface area contributed by atoms with E-state index >= 15 is 0 Å². The predicted octanol–water partition coefficient (Wildman–Crippen LogP) is 11.3. The summed E-state index contributed by atoms with van der Waals surface area (Å²) in [7, 11) is 0. The van der Waals surface area contributed by atoms with Crippen molar-refractivity contribution >= 4 is 5.57 Å². The lowest BCUT2D eigenvalue weighted by atomic mass is 9.36. The largest absolute Gasteiger partial charge is 0.0955 e. The molecule has 0 bridgehead atoms. The lowest BCUT2D eigenvalue weighted by Crippen LogP contribution is -2.58. The summed E-state index contributed by atoms with van der Waals surface area (Å²) in [5.74, 6) is 1.90. The Labute approximate surface area is 234 Å². The zero-order valence-electron chi connectivity index (χ0n) is 25.7. The molecule has 0 amide bonds. The SMILES string of the molecule is C=C(C)C1=C(C)C[C@@]2(C)[C@H](C)[C@]3(C)C(=C(C)[C@@]2(C)C1=C)C(=C)c1c(C)cccc1[C@H]3CCC1CCCCC1. The maximum absolute atomic E-state index is 4.88. The van der Waals surface area contributed by atoms with Crippen molar-refractivity contribution in [3.8, 4) is 0 Å². The van der Waals surface area contributed by atoms with Gasteiger partial charge in [0.1, 0.15) is 0 Å². The molecule has 0 aromatic heterocycles. The molecule has 1 fully saturated rings. The Bertz CT molecular complexity index is 1270. The molecule has 0 saturated heterocycles. The van der Waals surface area contributed by atoms with Crippen LogP contribution in [0.2, 0.25) is 0 Å². The van der Waals surface area contributed by atoms with Crippen molar-refractivity contribution in [3.63, 3.8) is 0 Å². The second-order valence-electron chi connectivity index (χ2n) is 14.3. The Morgan fingerprint density at radius 2 is 1.63 bits per heavy atom. The Balaban J connectivity index is 1.75. The van der Waals surface area contributed by atoms with Crippen molar-refractivity contribution in [1.29, 1.82) is 0 Å². The van der Waals surface area contributed by atoms with Gasteiger partial charge in [0.15, 0.2) is 0 Å². The Kier molecular flexibility index (Phi) is 6.69. The van der Waals surface area contributed by atoms with Gasteiger partial charge < -0.3 is 0 Å². The average molecular weight is 509 g/mol. The molecule has 0 heteroatoms. The Hall–Kier alpha value is -2.08. The summed E-state index contributed by atoms with van der Waals surface area (Å²) in [4.78, 5) is 0. The van der Waals surface area contributed by atoms with Gasteiger partial charge in [0.25, 0.3) is 0 Å². The predicted molar refractivity (Wildman–Crippen MR) is 166 cm³/mol. The maximum Gasteiger partial charge on any atom is 0.0196 e. The summed E-state index contributed by atoms with van der Waals surface area (Å²) in [6, 6.07) is 7.04. The smallest absolute Gasteiger partial charge is 0.0196 e. The number of rotatable bonds is 4. The molecule has 1 aromatic rings. The van der Waals surface area contributed by atoms with Crippen LogP contribution in [0.3, 0.4) is 0 Å². The zero-order valence-corrected chi connectivity index (χ0v) is 25.7. The molecule has 38 heavy (non-hydrogen) atoms. The van der Waals surface area contributed by atoms with Crippen LogP contribution in [0.5, 0.6) is 0 Å². The number of hydrogen-bond donors (Lipinski definition) is 0. The van der Waals surface area contributed by atoms with Gasteiger partial charge >= 0.3 is 0 Å². The van der Waals surface area contributed by atoms with E-state index in [-0.39, 0.29) is 16.2 Å². The highest BCUT2D eigenvalue weighted by Gasteiger charge is 2.65. The first-order valence-corrected chi connectivity index (χ1v) is 15.4. The minimum absolute atomic E-state index is 0.0478. The van der Waals surface area contributed by atoms with E-state index in [1.54, 1.807) is 11.1 Å². The molecule has 0 spiro atoms. The molecule has 5 rings (SSSR count). The van der Waals surface area contributed by atoms with Gasteiger partial charge in [0.05, 0.1) is 0 Å². The first-order chi connectivity index (χ1) is 17.8. The van der Waals surface area contributed by atoms with Gasteiger partial charge in [-0.3, -0.25) is 0 Å². The highest BCUT2D eigenvalue weighted by molar-refractivity contribution is 5.87. The van der Waals surface area contributed by atoms with Crippen LogP contribution in [0.25, 0.3) is 5.57 Å². The topological polar surface area (TPSA) is 0 Å². The number of fused-ring (bicyclic) bond motifs is 3. The zero-order chi connectivity index (χ0) is 27.8. The molecule has 0 N–H and O–H groups in total. The van der Waals surface area contributed by atoms with E-state index in [9.17, 15) is 0 Å². The van der Waals surface area contributed by atoms with Gasteiger partial charge in [-0.1, -0.05) is 114 Å². The number of benzene rings is 1. The fourth-order valence-corrected chi connectivity index (χ4v) is 10.3. The molecule has 4 aliphatic carbocycles. The van der Waals surface area contributed by atoms with E-state index in [1.165, 1.54) is 83.9 Å². The first kappa shape index (κ1) is 27.5. The molecule has 1 aromatic carbocycles. The lowest BCUT2D eigenvalue weighted by molar-refractivity contribution is -0.0305. The van der Waals surface area contributed by atoms with Crippen molar-refractivity contribution < 1.29 is 0 Å². The van der Waals surface area contributed by atoms with Gasteiger partial charge in [-0.15, -0.1) is 0 Å². The molecule has 1 saturated carbocycles. The van der Waals surface area contributed by atoms with E-state index < -0.39 is 0 Å². The van der Waals surface area contributed by atoms with Crippen LogP contribution in [-0.4, -0.2) is 0 Å². The molecule has 4 aliphatic rings. The van der Waals surface area contributed by atoms with E-state index in [1.807, 2.05) is 0 Å². The first-order valence-electron chi connectivity index (χ1n) is 15.4. The normalized spacial score (nSPS) is 35.7. The van der Waals surface area contributed by atoms with Crippen molar-refractivity contribution in [1.82, 2.24) is 0 Å². The Morgan fingerprint density at radius 1 is 0.974 bits per heavy atom. The fourth-order valence-electron chi connectivity index (χ4n) is 10.3. The van der Waals surface area contributed by atoms with E-state index in [0.717, 1.165) is 17.9 Å². The van der Waals surface area contributed by atoms with Gasteiger partial charge in [0.2, 0.25) is 0 Å². The maximum atomic E-state index is 4.88. The second-order valence-corrected chi connectivity index (χ2v) is 14.3. The molecule has 0 unspecified atom stereocenters. The average Bonchev–Trinajstić information content (AvgIpc) is 2.86. The van der Waals surface area contributed by atoms with Crippen LogP contribution >= 0.6 is 0 Å². The van der Waals surface area contributed by atoms with Crippen LogP contribution in [-0.2, 0) is 0 Å². The molecule has 0 heterocycles. The molecule has 204 valence electrons. The summed E-state index contributed by atoms with van der Waals surface area (Å²) >= 11 is 0. The summed E-state index contributed by atoms with van der Waals surface area (Å²) in [6.45, 7) is 33.6. The highest BCUT2D eigenvalue weighted by atomic mass is 14.7. The number of aryl methyl sites for hydroxylation is 1. The van der Waals surface area contributed by atoms with Gasteiger partial charge in [-0.25, -0.2) is 0 Å². The molecular formula is C38H52. The number of allylic oxidation sites excluding steroid dienone is 7. The van der Waals surface area contributed by atoms with Crippen molar-refractivity contribution in [2.45, 2.75) is 113 Å². The molecular weight excluding hydrogens is 456 g/mol. The second kappa shape index (κ2) is 9.25. The van der Waals surface area contributed by atoms with Gasteiger partial charge in [-0.05, 0) is 109 Å². The van der Waals surface area contributed by atoms with Crippen LogP contribution in [0.1, 0.15) is 122 Å². The third-order valence-electron chi connectivity index (χ3n) is 12.6. The summed E-state index contributed by atoms with van der Waals surface area (Å²) in [5.41, 5.74) is 13.9. The standard InChI is InChI=1S/C38H52/c1-23(2)33-25(4)22-36(9)29(8)37(10)32(21-20-30-17-13-12-14-18-30)31-19-15-16-24(3)34(31)26(5)35(37)28(7)38(36,11)27(33)6/h15-16,19,29-30,32H,1,5-6,12-14,17-18,20-22H2,2-4,7-11H3/t29-,32+,36-,37-,38+/m0/s1. The van der Waals surface area contributed by atoms with Crippen molar-refractivity contribution in [2.75, 3.05) is 0 Å². The highest BCUT2D eigenvalue weighted by Crippen LogP contribution is 2.75. The molecule has 0 nitrogen and oxygen atoms in total. The molecule has 0 radical (unpaired) electrons. The summed E-state index contributed by atoms with van der Waals surface area (Å²) < 4.78 is 0. The third kappa shape index (κ3) is 3.47. The number of hydrogen-bond acceptors (Lipinski definition) is 0. The van der Waals surface area contributed by atoms with Crippen LogP contribution in [0.4, 0.5) is 0 Å². The van der Waals surface area contributed by atoms with Crippen LogP contribution in [0, 0.1) is 35.0 Å². The van der Waals surface area contributed by atoms with Crippen molar-refractivity contribution in [2.24, 2.45) is 28.1 Å². The van der Waals surface area contributed by atoms with E-state index in [2.05, 4.69) is 80.2 Å². The van der Waals surface area contributed by atoms with Crippen molar-refractivity contribution in [3.05, 3.63) is 88.1 Å². The van der Waals surface area contributed by atoms with E-state index in [0.29, 0.717) is 11.8 Å². The minimum Gasteiger partial charge on any atom is -0.0955 e. The third-order valence-corrected chi connectivity index (χ3v) is 12.6. The van der Waals surface area contributed by atoms with Crippen LogP contribution in [0.15, 0.2) is 71.4 Å². The van der Waals surface area contributed by atoms with E-state index in [4.69, 9.17) is 13.2 Å².